The van der Waals surface area contributed by atoms with Gasteiger partial charge >= 0.3 is 0 Å². The summed E-state index contributed by atoms with van der Waals surface area (Å²) in [6.45, 7) is 4.00. The lowest BCUT2D eigenvalue weighted by Gasteiger charge is -1.86. The molecular weight excluding hydrogens is 167 g/mol. The van der Waals surface area contributed by atoms with Gasteiger partial charge in [-0.3, -0.25) is 0 Å². The van der Waals surface area contributed by atoms with Gasteiger partial charge in [0, 0.05) is 10.0 Å². The van der Waals surface area contributed by atoms with Gasteiger partial charge in [-0.15, -0.1) is 0 Å². The van der Waals surface area contributed by atoms with Crippen molar-refractivity contribution >= 4 is 23.2 Å². The first-order valence-electron chi connectivity index (χ1n) is 3.20. The summed E-state index contributed by atoms with van der Waals surface area (Å²) in [6, 6.07) is 7.08. The maximum atomic E-state index is 5.56. The zero-order valence-corrected chi connectivity index (χ0v) is 7.58. The van der Waals surface area contributed by atoms with Crippen molar-refractivity contribution in [3.63, 3.8) is 0 Å². The second kappa shape index (κ2) is 5.57. The fourth-order valence-electron chi connectivity index (χ4n) is 0.460. The molecule has 0 atom stereocenters. The van der Waals surface area contributed by atoms with Crippen LogP contribution in [-0.4, -0.2) is 0 Å². The molecule has 0 N–H and O–H groups in total. The Morgan fingerprint density at radius 3 is 1.60 bits per heavy atom. The highest BCUT2D eigenvalue weighted by Gasteiger charge is 1.84. The Kier molecular flexibility index (Phi) is 5.46. The largest absolute Gasteiger partial charge is 0.0843 e. The van der Waals surface area contributed by atoms with E-state index in [4.69, 9.17) is 23.2 Å². The predicted molar refractivity (Wildman–Crippen MR) is 47.8 cm³/mol. The molecule has 0 spiro atoms. The van der Waals surface area contributed by atoms with E-state index in [1.165, 1.54) is 0 Å². The fourth-order valence-corrected chi connectivity index (χ4v) is 0.896. The van der Waals surface area contributed by atoms with Gasteiger partial charge < -0.3 is 0 Å². The molecule has 10 heavy (non-hydrogen) atoms. The summed E-state index contributed by atoms with van der Waals surface area (Å²) in [7, 11) is 0. The van der Waals surface area contributed by atoms with Gasteiger partial charge in [0.2, 0.25) is 0 Å². The average molecular weight is 177 g/mol. The van der Waals surface area contributed by atoms with Gasteiger partial charge in [-0.25, -0.2) is 0 Å². The highest BCUT2D eigenvalue weighted by Crippen LogP contribution is 2.13. The molecule has 0 amide bonds. The minimum absolute atomic E-state index is 0.678. The van der Waals surface area contributed by atoms with E-state index in [1.807, 2.05) is 19.9 Å². The number of hydrogen-bond acceptors (Lipinski definition) is 0. The minimum atomic E-state index is 0.678. The zero-order chi connectivity index (χ0) is 7.98. The molecule has 0 heterocycles. The van der Waals surface area contributed by atoms with Crippen LogP contribution in [0.25, 0.3) is 0 Å². The SMILES string of the molecule is CC.Clc1cccc(Cl)c1. The summed E-state index contributed by atoms with van der Waals surface area (Å²) in [5.41, 5.74) is 0. The summed E-state index contributed by atoms with van der Waals surface area (Å²) in [5.74, 6) is 0. The Morgan fingerprint density at radius 1 is 1.00 bits per heavy atom. The molecule has 0 saturated carbocycles. The molecule has 56 valence electrons. The smallest absolute Gasteiger partial charge is 0.0420 e. The summed E-state index contributed by atoms with van der Waals surface area (Å²) in [4.78, 5) is 0. The molecule has 0 bridgehead atoms. The van der Waals surface area contributed by atoms with Crippen LogP contribution >= 0.6 is 23.2 Å². The lowest BCUT2D eigenvalue weighted by molar-refractivity contribution is 1.50. The third-order valence-electron chi connectivity index (χ3n) is 0.787. The van der Waals surface area contributed by atoms with Crippen LogP contribution in [0.5, 0.6) is 0 Å². The zero-order valence-electron chi connectivity index (χ0n) is 6.07. The molecule has 1 rings (SSSR count). The fraction of sp³-hybridized carbons (Fsp3) is 0.250. The first kappa shape index (κ1) is 9.80. The molecule has 0 aliphatic heterocycles. The quantitative estimate of drug-likeness (QED) is 0.561. The third kappa shape index (κ3) is 3.76. The molecule has 2 heteroatoms. The van der Waals surface area contributed by atoms with Crippen LogP contribution in [0.15, 0.2) is 24.3 Å². The third-order valence-corrected chi connectivity index (χ3v) is 1.26. The van der Waals surface area contributed by atoms with Gasteiger partial charge in [-0.05, 0) is 18.2 Å². The van der Waals surface area contributed by atoms with Gasteiger partial charge in [-0.2, -0.15) is 0 Å². The molecule has 0 radical (unpaired) electrons. The molecule has 0 aliphatic rings. The number of benzene rings is 1. The van der Waals surface area contributed by atoms with E-state index < -0.39 is 0 Å². The van der Waals surface area contributed by atoms with E-state index in [2.05, 4.69) is 0 Å². The lowest BCUT2D eigenvalue weighted by Crippen LogP contribution is -1.61. The van der Waals surface area contributed by atoms with Gasteiger partial charge in [0.15, 0.2) is 0 Å². The van der Waals surface area contributed by atoms with Crippen molar-refractivity contribution in [2.24, 2.45) is 0 Å². The van der Waals surface area contributed by atoms with E-state index in [1.54, 1.807) is 18.2 Å². The van der Waals surface area contributed by atoms with Crippen LogP contribution in [-0.2, 0) is 0 Å². The minimum Gasteiger partial charge on any atom is -0.0843 e. The molecule has 0 unspecified atom stereocenters. The molecule has 0 aromatic heterocycles. The second-order valence-electron chi connectivity index (χ2n) is 1.44. The van der Waals surface area contributed by atoms with Crippen LogP contribution in [0.1, 0.15) is 13.8 Å². The Balaban J connectivity index is 0.000000371. The van der Waals surface area contributed by atoms with Crippen LogP contribution in [0.4, 0.5) is 0 Å². The summed E-state index contributed by atoms with van der Waals surface area (Å²) in [5, 5.41) is 1.36. The lowest BCUT2D eigenvalue weighted by atomic mass is 10.4. The van der Waals surface area contributed by atoms with Crippen molar-refractivity contribution in [3.05, 3.63) is 34.3 Å². The van der Waals surface area contributed by atoms with Crippen molar-refractivity contribution in [2.75, 3.05) is 0 Å². The van der Waals surface area contributed by atoms with Gasteiger partial charge in [0.25, 0.3) is 0 Å². The average Bonchev–Trinajstić information content (AvgIpc) is 1.91. The molecular formula is C8H10Cl2. The molecule has 0 saturated heterocycles. The van der Waals surface area contributed by atoms with Crippen LogP contribution < -0.4 is 0 Å². The molecule has 0 nitrogen and oxygen atoms in total. The summed E-state index contributed by atoms with van der Waals surface area (Å²) in [6.07, 6.45) is 0. The standard InChI is InChI=1S/C6H4Cl2.C2H6/c7-5-2-1-3-6(8)4-5;1-2/h1-4H;1-2H3. The molecule has 1 aromatic carbocycles. The van der Waals surface area contributed by atoms with E-state index in [0.29, 0.717) is 10.0 Å². The maximum absolute atomic E-state index is 5.56. The summed E-state index contributed by atoms with van der Waals surface area (Å²) < 4.78 is 0. The van der Waals surface area contributed by atoms with E-state index >= 15 is 0 Å². The topological polar surface area (TPSA) is 0 Å². The van der Waals surface area contributed by atoms with Gasteiger partial charge in [-0.1, -0.05) is 43.1 Å². The van der Waals surface area contributed by atoms with Crippen molar-refractivity contribution in [1.82, 2.24) is 0 Å². The highest BCUT2D eigenvalue weighted by molar-refractivity contribution is 6.34. The normalized spacial score (nSPS) is 8.00. The van der Waals surface area contributed by atoms with Crippen LogP contribution in [0.3, 0.4) is 0 Å². The van der Waals surface area contributed by atoms with Crippen molar-refractivity contribution in [1.29, 1.82) is 0 Å². The first-order valence-corrected chi connectivity index (χ1v) is 3.96. The first-order chi connectivity index (χ1) is 4.79. The van der Waals surface area contributed by atoms with Crippen LogP contribution in [0, 0.1) is 0 Å². The van der Waals surface area contributed by atoms with Gasteiger partial charge in [0.05, 0.1) is 0 Å². The maximum Gasteiger partial charge on any atom is 0.0420 e. The molecule has 0 aliphatic carbocycles. The molecule has 0 fully saturated rings. The van der Waals surface area contributed by atoms with Crippen LogP contribution in [0.2, 0.25) is 10.0 Å². The van der Waals surface area contributed by atoms with E-state index in [0.717, 1.165) is 0 Å². The van der Waals surface area contributed by atoms with Crippen molar-refractivity contribution in [3.8, 4) is 0 Å². The molecule has 1 aromatic rings. The number of rotatable bonds is 0. The Hall–Kier alpha value is -0.200. The Labute approximate surface area is 71.8 Å². The summed E-state index contributed by atoms with van der Waals surface area (Å²) >= 11 is 11.1. The van der Waals surface area contributed by atoms with Gasteiger partial charge in [0.1, 0.15) is 0 Å². The predicted octanol–water partition coefficient (Wildman–Crippen LogP) is 4.02. The van der Waals surface area contributed by atoms with E-state index in [-0.39, 0.29) is 0 Å². The Bertz CT molecular complexity index is 167. The number of hydrogen-bond donors (Lipinski definition) is 0. The van der Waals surface area contributed by atoms with Crippen molar-refractivity contribution in [2.45, 2.75) is 13.8 Å². The highest BCUT2D eigenvalue weighted by atomic mass is 35.5. The Morgan fingerprint density at radius 2 is 1.40 bits per heavy atom. The van der Waals surface area contributed by atoms with E-state index in [9.17, 15) is 0 Å². The van der Waals surface area contributed by atoms with Crippen molar-refractivity contribution < 1.29 is 0 Å². The second-order valence-corrected chi connectivity index (χ2v) is 2.31. The monoisotopic (exact) mass is 176 g/mol. The number of halogens is 2.